The molecule has 2 aromatic rings. The molecule has 2 aromatic carbocycles. The molecule has 0 radical (unpaired) electrons. The van der Waals surface area contributed by atoms with Gasteiger partial charge in [-0.05, 0) is 54.4 Å². The van der Waals surface area contributed by atoms with Crippen LogP contribution in [0.1, 0.15) is 29.0 Å². The number of nitrogens with two attached hydrogens (primary N) is 1. The van der Waals surface area contributed by atoms with Crippen LogP contribution in [0.5, 0.6) is 0 Å². The summed E-state index contributed by atoms with van der Waals surface area (Å²) in [7, 11) is -1.41. The topological polar surface area (TPSA) is 91.1 Å². The number of rotatable bonds is 14. The Morgan fingerprint density at radius 3 is 2.40 bits per heavy atom. The fourth-order valence-electron chi connectivity index (χ4n) is 4.15. The van der Waals surface area contributed by atoms with Crippen LogP contribution >= 0.6 is 23.2 Å². The van der Waals surface area contributed by atoms with E-state index in [0.29, 0.717) is 67.5 Å². The zero-order valence-electron chi connectivity index (χ0n) is 20.0. The number of nitrogens with zero attached hydrogens (tertiary/aromatic N) is 1. The van der Waals surface area contributed by atoms with Crippen LogP contribution in [0.25, 0.3) is 0 Å². The quantitative estimate of drug-likeness (QED) is 0.362. The van der Waals surface area contributed by atoms with Crippen molar-refractivity contribution >= 4 is 33.0 Å². The van der Waals surface area contributed by atoms with E-state index in [9.17, 15) is 8.42 Å². The molecule has 35 heavy (non-hydrogen) atoms. The van der Waals surface area contributed by atoms with Crippen molar-refractivity contribution in [3.05, 3.63) is 63.1 Å². The number of benzene rings is 2. The van der Waals surface area contributed by atoms with E-state index in [-0.39, 0.29) is 11.7 Å². The molecule has 7 nitrogen and oxygen atoms in total. The number of likely N-dealkylation sites (N-methyl/N-ethyl adjacent to an activating group) is 1. The molecule has 0 amide bonds. The summed E-state index contributed by atoms with van der Waals surface area (Å²) in [6, 6.07) is 10.9. The van der Waals surface area contributed by atoms with Gasteiger partial charge in [-0.25, -0.2) is 8.42 Å². The van der Waals surface area contributed by atoms with Crippen LogP contribution in [0.3, 0.4) is 0 Å². The second kappa shape index (κ2) is 13.9. The third-order valence-electron chi connectivity index (χ3n) is 5.82. The Kier molecular flexibility index (Phi) is 11.3. The average molecular weight is 546 g/mol. The lowest BCUT2D eigenvalue weighted by atomic mass is 9.85. The molecule has 0 aliphatic carbocycles. The van der Waals surface area contributed by atoms with Crippen LogP contribution in [0.4, 0.5) is 0 Å². The Labute approximate surface area is 218 Å². The van der Waals surface area contributed by atoms with Crippen LogP contribution < -0.4 is 5.73 Å². The molecule has 3 rings (SSSR count). The minimum Gasteiger partial charge on any atom is -0.379 e. The fourth-order valence-corrected chi connectivity index (χ4v) is 6.05. The Hall–Kier alpha value is -1.23. The molecule has 0 saturated carbocycles. The highest BCUT2D eigenvalue weighted by Crippen LogP contribution is 2.38. The summed E-state index contributed by atoms with van der Waals surface area (Å²) >= 11 is 12.8. The lowest BCUT2D eigenvalue weighted by Gasteiger charge is -2.33. The molecule has 1 atom stereocenters. The van der Waals surface area contributed by atoms with E-state index in [1.807, 2.05) is 19.2 Å². The van der Waals surface area contributed by atoms with Gasteiger partial charge in [-0.15, -0.1) is 0 Å². The van der Waals surface area contributed by atoms with Crippen molar-refractivity contribution in [3.8, 4) is 0 Å². The highest BCUT2D eigenvalue weighted by molar-refractivity contribution is 7.91. The van der Waals surface area contributed by atoms with Gasteiger partial charge < -0.3 is 24.8 Å². The predicted octanol–water partition coefficient (Wildman–Crippen LogP) is 3.74. The van der Waals surface area contributed by atoms with Crippen LogP contribution in [0.2, 0.25) is 10.0 Å². The van der Waals surface area contributed by atoms with E-state index in [4.69, 9.17) is 43.1 Å². The number of ether oxygens (including phenoxy) is 3. The standard InChI is InChI=1S/C25H34Cl2N2O5S/c1-29-17-23(22-15-20(26)16-25(27)24(22)18-29)19-4-2-5-21(14-19)35(30,31)13-3-7-32-9-11-34-12-10-33-8-6-28/h2,4-5,14-16,23H,3,6-13,17-18,28H2,1H3. The van der Waals surface area contributed by atoms with E-state index >= 15 is 0 Å². The Morgan fingerprint density at radius 1 is 1.00 bits per heavy atom. The Balaban J connectivity index is 1.54. The molecule has 2 N–H and O–H groups in total. The highest BCUT2D eigenvalue weighted by Gasteiger charge is 2.28. The van der Waals surface area contributed by atoms with Crippen molar-refractivity contribution < 1.29 is 22.6 Å². The van der Waals surface area contributed by atoms with Crippen molar-refractivity contribution in [2.75, 3.05) is 65.5 Å². The van der Waals surface area contributed by atoms with Crippen LogP contribution in [0.15, 0.2) is 41.3 Å². The van der Waals surface area contributed by atoms with E-state index in [2.05, 4.69) is 4.90 Å². The van der Waals surface area contributed by atoms with Gasteiger partial charge in [0.1, 0.15) is 0 Å². The molecular formula is C25H34Cl2N2O5S. The summed E-state index contributed by atoms with van der Waals surface area (Å²) in [5.41, 5.74) is 8.36. The summed E-state index contributed by atoms with van der Waals surface area (Å²) in [6.45, 7) is 4.67. The van der Waals surface area contributed by atoms with Crippen molar-refractivity contribution in [3.63, 3.8) is 0 Å². The van der Waals surface area contributed by atoms with Gasteiger partial charge in [0.15, 0.2) is 9.84 Å². The molecule has 1 aliphatic heterocycles. The lowest BCUT2D eigenvalue weighted by molar-refractivity contribution is 0.0162. The van der Waals surface area contributed by atoms with Crippen molar-refractivity contribution in [2.24, 2.45) is 5.73 Å². The maximum absolute atomic E-state index is 13.0. The first-order chi connectivity index (χ1) is 16.8. The molecule has 194 valence electrons. The maximum Gasteiger partial charge on any atom is 0.178 e. The summed E-state index contributed by atoms with van der Waals surface area (Å²) in [4.78, 5) is 2.50. The molecular weight excluding hydrogens is 511 g/mol. The zero-order valence-corrected chi connectivity index (χ0v) is 22.4. The van der Waals surface area contributed by atoms with Crippen LogP contribution in [-0.4, -0.2) is 78.8 Å². The molecule has 0 aromatic heterocycles. The number of hydrogen-bond acceptors (Lipinski definition) is 7. The molecule has 10 heteroatoms. The summed E-state index contributed by atoms with van der Waals surface area (Å²) in [5, 5.41) is 1.22. The van der Waals surface area contributed by atoms with Gasteiger partial charge in [-0.1, -0.05) is 35.3 Å². The normalized spacial score (nSPS) is 16.4. The molecule has 0 saturated heterocycles. The summed E-state index contributed by atoms with van der Waals surface area (Å²) < 4.78 is 42.1. The van der Waals surface area contributed by atoms with Gasteiger partial charge in [0.25, 0.3) is 0 Å². The molecule has 1 heterocycles. The van der Waals surface area contributed by atoms with Crippen molar-refractivity contribution in [1.82, 2.24) is 4.90 Å². The van der Waals surface area contributed by atoms with E-state index in [1.165, 1.54) is 0 Å². The molecule has 0 bridgehead atoms. The third kappa shape index (κ3) is 8.40. The smallest absolute Gasteiger partial charge is 0.178 e. The first-order valence-corrected chi connectivity index (χ1v) is 14.1. The van der Waals surface area contributed by atoms with Gasteiger partial charge in [0.05, 0.1) is 43.7 Å². The molecule has 1 aliphatic rings. The van der Waals surface area contributed by atoms with E-state index in [0.717, 1.165) is 29.8 Å². The van der Waals surface area contributed by atoms with Gasteiger partial charge >= 0.3 is 0 Å². The minimum absolute atomic E-state index is 0.0147. The van der Waals surface area contributed by atoms with Crippen LogP contribution in [0, 0.1) is 0 Å². The minimum atomic E-state index is -3.44. The molecule has 1 unspecified atom stereocenters. The largest absolute Gasteiger partial charge is 0.379 e. The van der Waals surface area contributed by atoms with Gasteiger partial charge in [-0.2, -0.15) is 0 Å². The monoisotopic (exact) mass is 544 g/mol. The van der Waals surface area contributed by atoms with Gasteiger partial charge in [-0.3, -0.25) is 0 Å². The van der Waals surface area contributed by atoms with E-state index < -0.39 is 9.84 Å². The number of sulfone groups is 1. The first kappa shape index (κ1) is 28.3. The second-order valence-corrected chi connectivity index (χ2v) is 11.5. The average Bonchev–Trinajstić information content (AvgIpc) is 2.82. The Morgan fingerprint density at radius 2 is 1.69 bits per heavy atom. The summed E-state index contributed by atoms with van der Waals surface area (Å²) in [5.74, 6) is 0.00223. The highest BCUT2D eigenvalue weighted by atomic mass is 35.5. The maximum atomic E-state index is 13.0. The van der Waals surface area contributed by atoms with Gasteiger partial charge in [0.2, 0.25) is 0 Å². The van der Waals surface area contributed by atoms with Crippen molar-refractivity contribution in [1.29, 1.82) is 0 Å². The Bertz CT molecular complexity index is 1070. The second-order valence-electron chi connectivity index (χ2n) is 8.58. The predicted molar refractivity (Wildman–Crippen MR) is 139 cm³/mol. The fraction of sp³-hybridized carbons (Fsp3) is 0.520. The molecule has 0 fully saturated rings. The SMILES string of the molecule is CN1Cc2c(Cl)cc(Cl)cc2C(c2cccc(S(=O)(=O)CCCOCCOCCOCCN)c2)C1. The number of fused-ring (bicyclic) bond motifs is 1. The van der Waals surface area contributed by atoms with Crippen LogP contribution in [-0.2, 0) is 30.6 Å². The number of halogens is 2. The molecule has 0 spiro atoms. The van der Waals surface area contributed by atoms with E-state index in [1.54, 1.807) is 24.3 Å². The first-order valence-electron chi connectivity index (χ1n) is 11.7. The third-order valence-corrected chi connectivity index (χ3v) is 8.17. The number of hydrogen-bond donors (Lipinski definition) is 1. The zero-order chi connectivity index (χ0) is 25.3. The van der Waals surface area contributed by atoms with Crippen molar-refractivity contribution in [2.45, 2.75) is 23.8 Å². The van der Waals surface area contributed by atoms with Gasteiger partial charge in [0, 0.05) is 42.2 Å². The summed E-state index contributed by atoms with van der Waals surface area (Å²) in [6.07, 6.45) is 0.409. The lowest BCUT2D eigenvalue weighted by Crippen LogP contribution is -2.31.